The van der Waals surface area contributed by atoms with Gasteiger partial charge in [-0.1, -0.05) is 51.5 Å². The molecule has 0 aromatic heterocycles. The average molecular weight is 237 g/mol. The van der Waals surface area contributed by atoms with Gasteiger partial charge in [-0.2, -0.15) is 0 Å². The van der Waals surface area contributed by atoms with Crippen molar-refractivity contribution in [3.05, 3.63) is 12.2 Å². The van der Waals surface area contributed by atoms with Crippen molar-refractivity contribution in [3.63, 3.8) is 0 Å². The summed E-state index contributed by atoms with van der Waals surface area (Å²) in [5, 5.41) is 3.10. The molecule has 1 aliphatic rings. The van der Waals surface area contributed by atoms with Crippen molar-refractivity contribution in [1.29, 1.82) is 0 Å². The molecule has 1 N–H and O–H groups in total. The number of rotatable bonds is 7. The van der Waals surface area contributed by atoms with E-state index in [1.807, 2.05) is 6.08 Å². The predicted octanol–water partition coefficient (Wildman–Crippen LogP) is 3.96. The lowest BCUT2D eigenvalue weighted by Crippen LogP contribution is -2.34. The minimum atomic E-state index is 0.104. The van der Waals surface area contributed by atoms with E-state index in [-0.39, 0.29) is 5.91 Å². The van der Waals surface area contributed by atoms with E-state index in [4.69, 9.17) is 0 Å². The Morgan fingerprint density at radius 2 is 1.94 bits per heavy atom. The molecule has 2 nitrogen and oxygen atoms in total. The lowest BCUT2D eigenvalue weighted by atomic mass is 9.95. The molecule has 2 heteroatoms. The van der Waals surface area contributed by atoms with E-state index in [0.717, 1.165) is 19.3 Å². The summed E-state index contributed by atoms with van der Waals surface area (Å²) in [7, 11) is 0. The molecule has 1 rings (SSSR count). The van der Waals surface area contributed by atoms with Crippen molar-refractivity contribution in [2.45, 2.75) is 77.2 Å². The van der Waals surface area contributed by atoms with Gasteiger partial charge >= 0.3 is 0 Å². The zero-order valence-corrected chi connectivity index (χ0v) is 11.2. The molecule has 0 spiro atoms. The topological polar surface area (TPSA) is 29.1 Å². The highest BCUT2D eigenvalue weighted by molar-refractivity contribution is 5.87. The monoisotopic (exact) mass is 237 g/mol. The van der Waals surface area contributed by atoms with Crippen LogP contribution in [0.2, 0.25) is 0 Å². The van der Waals surface area contributed by atoms with Crippen LogP contribution in [0.15, 0.2) is 12.2 Å². The van der Waals surface area contributed by atoms with Crippen LogP contribution in [0.4, 0.5) is 0 Å². The Hall–Kier alpha value is -0.790. The number of nitrogens with one attached hydrogen (secondary N) is 1. The van der Waals surface area contributed by atoms with Gasteiger partial charge in [0.15, 0.2) is 0 Å². The number of hydrogen-bond acceptors (Lipinski definition) is 1. The summed E-state index contributed by atoms with van der Waals surface area (Å²) in [5.41, 5.74) is 0. The van der Waals surface area contributed by atoms with Crippen LogP contribution in [-0.4, -0.2) is 11.9 Å². The Labute approximate surface area is 106 Å². The Kier molecular flexibility index (Phi) is 7.78. The Morgan fingerprint density at radius 1 is 1.18 bits per heavy atom. The van der Waals surface area contributed by atoms with Crippen LogP contribution in [0.25, 0.3) is 0 Å². The predicted molar refractivity (Wildman–Crippen MR) is 72.9 cm³/mol. The largest absolute Gasteiger partial charge is 0.350 e. The van der Waals surface area contributed by atoms with Crippen LogP contribution in [0, 0.1) is 0 Å². The SMILES string of the molecule is CCCCCC/C=C/C(=O)NC1CCCCC1. The molecule has 1 fully saturated rings. The standard InChI is InChI=1S/C15H27NO/c1-2-3-4-5-6-10-13-15(17)16-14-11-8-7-9-12-14/h10,13-14H,2-9,11-12H2,1H3,(H,16,17)/b13-10+. The first kappa shape index (κ1) is 14.3. The normalized spacial score (nSPS) is 17.5. The zero-order valence-electron chi connectivity index (χ0n) is 11.2. The number of amides is 1. The van der Waals surface area contributed by atoms with E-state index in [9.17, 15) is 4.79 Å². The van der Waals surface area contributed by atoms with Crippen molar-refractivity contribution in [2.24, 2.45) is 0 Å². The number of hydrogen-bond donors (Lipinski definition) is 1. The minimum Gasteiger partial charge on any atom is -0.350 e. The van der Waals surface area contributed by atoms with Crippen molar-refractivity contribution in [2.75, 3.05) is 0 Å². The summed E-state index contributed by atoms with van der Waals surface area (Å²) in [6, 6.07) is 0.431. The van der Waals surface area contributed by atoms with Crippen molar-refractivity contribution >= 4 is 5.91 Å². The molecule has 0 saturated heterocycles. The van der Waals surface area contributed by atoms with Crippen LogP contribution in [0.5, 0.6) is 0 Å². The summed E-state index contributed by atoms with van der Waals surface area (Å²) < 4.78 is 0. The molecule has 1 aliphatic carbocycles. The van der Waals surface area contributed by atoms with E-state index in [1.54, 1.807) is 6.08 Å². The van der Waals surface area contributed by atoms with Gasteiger partial charge in [0.2, 0.25) is 5.91 Å². The first-order valence-corrected chi connectivity index (χ1v) is 7.30. The van der Waals surface area contributed by atoms with Crippen LogP contribution in [0.3, 0.4) is 0 Å². The molecule has 0 atom stereocenters. The van der Waals surface area contributed by atoms with E-state index in [1.165, 1.54) is 44.9 Å². The Balaban J connectivity index is 2.04. The maximum atomic E-state index is 11.6. The highest BCUT2D eigenvalue weighted by Crippen LogP contribution is 2.17. The van der Waals surface area contributed by atoms with Gasteiger partial charge in [0.25, 0.3) is 0 Å². The molecule has 98 valence electrons. The highest BCUT2D eigenvalue weighted by Gasteiger charge is 2.13. The third-order valence-electron chi connectivity index (χ3n) is 3.45. The Morgan fingerprint density at radius 3 is 2.65 bits per heavy atom. The summed E-state index contributed by atoms with van der Waals surface area (Å²) in [6.45, 7) is 2.22. The third kappa shape index (κ3) is 7.19. The van der Waals surface area contributed by atoms with E-state index in [2.05, 4.69) is 12.2 Å². The van der Waals surface area contributed by atoms with E-state index in [0.29, 0.717) is 6.04 Å². The van der Waals surface area contributed by atoms with Gasteiger partial charge in [-0.05, 0) is 31.8 Å². The molecular formula is C15H27NO. The maximum absolute atomic E-state index is 11.6. The summed E-state index contributed by atoms with van der Waals surface area (Å²) >= 11 is 0. The first-order valence-electron chi connectivity index (χ1n) is 7.30. The number of allylic oxidation sites excluding steroid dienone is 1. The molecule has 0 heterocycles. The fourth-order valence-electron chi connectivity index (χ4n) is 2.38. The summed E-state index contributed by atoms with van der Waals surface area (Å²) in [6.07, 6.45) is 16.1. The van der Waals surface area contributed by atoms with Crippen LogP contribution in [-0.2, 0) is 4.79 Å². The lowest BCUT2D eigenvalue weighted by Gasteiger charge is -2.21. The zero-order chi connectivity index (χ0) is 12.3. The van der Waals surface area contributed by atoms with Crippen LogP contribution in [0.1, 0.15) is 71.1 Å². The van der Waals surface area contributed by atoms with Crippen molar-refractivity contribution in [3.8, 4) is 0 Å². The molecule has 0 aromatic carbocycles. The van der Waals surface area contributed by atoms with Gasteiger partial charge in [-0.3, -0.25) is 4.79 Å². The lowest BCUT2D eigenvalue weighted by molar-refractivity contribution is -0.117. The van der Waals surface area contributed by atoms with Gasteiger partial charge in [0, 0.05) is 6.04 Å². The molecule has 1 saturated carbocycles. The smallest absolute Gasteiger partial charge is 0.243 e. The first-order chi connectivity index (χ1) is 8.33. The maximum Gasteiger partial charge on any atom is 0.243 e. The van der Waals surface area contributed by atoms with Gasteiger partial charge in [0.05, 0.1) is 0 Å². The molecule has 0 unspecified atom stereocenters. The van der Waals surface area contributed by atoms with Gasteiger partial charge < -0.3 is 5.32 Å². The molecule has 0 aliphatic heterocycles. The fraction of sp³-hybridized carbons (Fsp3) is 0.800. The van der Waals surface area contributed by atoms with Crippen molar-refractivity contribution < 1.29 is 4.79 Å². The molecule has 0 aromatic rings. The van der Waals surface area contributed by atoms with E-state index < -0.39 is 0 Å². The Bertz CT molecular complexity index is 229. The highest BCUT2D eigenvalue weighted by atomic mass is 16.1. The number of unbranched alkanes of at least 4 members (excludes halogenated alkanes) is 4. The average Bonchev–Trinajstić information content (AvgIpc) is 2.35. The fourth-order valence-corrected chi connectivity index (χ4v) is 2.38. The van der Waals surface area contributed by atoms with Crippen molar-refractivity contribution in [1.82, 2.24) is 5.32 Å². The molecule has 0 radical (unpaired) electrons. The molecule has 0 bridgehead atoms. The number of carbonyl (C=O) groups is 1. The molecule has 1 amide bonds. The second-order valence-electron chi connectivity index (χ2n) is 5.10. The second-order valence-corrected chi connectivity index (χ2v) is 5.10. The second kappa shape index (κ2) is 9.26. The quantitative estimate of drug-likeness (QED) is 0.527. The molecular weight excluding hydrogens is 210 g/mol. The number of carbonyl (C=O) groups excluding carboxylic acids is 1. The summed E-state index contributed by atoms with van der Waals surface area (Å²) in [5.74, 6) is 0.104. The van der Waals surface area contributed by atoms with Crippen LogP contribution >= 0.6 is 0 Å². The van der Waals surface area contributed by atoms with Crippen LogP contribution < -0.4 is 5.32 Å². The van der Waals surface area contributed by atoms with Gasteiger partial charge in [-0.25, -0.2) is 0 Å². The van der Waals surface area contributed by atoms with Gasteiger partial charge in [-0.15, -0.1) is 0 Å². The summed E-state index contributed by atoms with van der Waals surface area (Å²) in [4.78, 5) is 11.6. The molecule has 17 heavy (non-hydrogen) atoms. The minimum absolute atomic E-state index is 0.104. The van der Waals surface area contributed by atoms with E-state index >= 15 is 0 Å². The third-order valence-corrected chi connectivity index (χ3v) is 3.45. The van der Waals surface area contributed by atoms with Gasteiger partial charge in [0.1, 0.15) is 0 Å².